The van der Waals surface area contributed by atoms with Crippen LogP contribution in [0.3, 0.4) is 0 Å². The Balaban J connectivity index is 2.00. The molecule has 2 unspecified atom stereocenters. The van der Waals surface area contributed by atoms with Gasteiger partial charge in [-0.05, 0) is 43.5 Å². The van der Waals surface area contributed by atoms with E-state index in [4.69, 9.17) is 5.11 Å². The lowest BCUT2D eigenvalue weighted by molar-refractivity contribution is -0.141. The van der Waals surface area contributed by atoms with Crippen LogP contribution in [-0.2, 0) is 14.6 Å². The zero-order valence-electron chi connectivity index (χ0n) is 11.6. The third-order valence-electron chi connectivity index (χ3n) is 3.66. The highest BCUT2D eigenvalue weighted by Gasteiger charge is 2.30. The van der Waals surface area contributed by atoms with Gasteiger partial charge in [0.1, 0.15) is 0 Å². The van der Waals surface area contributed by atoms with Gasteiger partial charge in [0, 0.05) is 17.9 Å². The van der Waals surface area contributed by atoms with E-state index in [1.807, 2.05) is 0 Å². The number of sulfone groups is 1. The summed E-state index contributed by atoms with van der Waals surface area (Å²) in [6, 6.07) is 5.54. The molecule has 0 aromatic heterocycles. The fourth-order valence-electron chi connectivity index (χ4n) is 2.46. The normalized spacial score (nSPS) is 22.0. The number of carboxylic acids is 1. The number of aliphatic carboxylic acids is 1. The molecule has 6 nitrogen and oxygen atoms in total. The summed E-state index contributed by atoms with van der Waals surface area (Å²) in [5.74, 6) is -1.54. The first-order valence-corrected chi connectivity index (χ1v) is 8.50. The van der Waals surface area contributed by atoms with Gasteiger partial charge in [0.15, 0.2) is 9.84 Å². The largest absolute Gasteiger partial charge is 0.481 e. The Labute approximate surface area is 123 Å². The van der Waals surface area contributed by atoms with E-state index in [2.05, 4.69) is 5.32 Å². The first-order valence-electron chi connectivity index (χ1n) is 6.61. The number of carbonyl (C=O) groups is 2. The summed E-state index contributed by atoms with van der Waals surface area (Å²) in [6.07, 6.45) is 2.74. The lowest BCUT2D eigenvalue weighted by Gasteiger charge is -2.12. The van der Waals surface area contributed by atoms with Gasteiger partial charge in [-0.2, -0.15) is 0 Å². The molecule has 21 heavy (non-hydrogen) atoms. The molecule has 1 saturated carbocycles. The zero-order valence-corrected chi connectivity index (χ0v) is 12.4. The second-order valence-electron chi connectivity index (χ2n) is 5.32. The molecule has 2 rings (SSSR count). The highest BCUT2D eigenvalue weighted by atomic mass is 32.2. The lowest BCUT2D eigenvalue weighted by atomic mass is 10.1. The predicted molar refractivity (Wildman–Crippen MR) is 75.8 cm³/mol. The van der Waals surface area contributed by atoms with Crippen molar-refractivity contribution in [2.75, 3.05) is 6.26 Å². The molecule has 0 saturated heterocycles. The maximum absolute atomic E-state index is 12.0. The molecule has 1 aromatic rings. The topological polar surface area (TPSA) is 101 Å². The van der Waals surface area contributed by atoms with E-state index in [0.717, 1.165) is 6.26 Å². The molecule has 0 heterocycles. The standard InChI is InChI=1S/C14H17NO5S/c1-21(19,20)12-6-3-9(4-7-12)13(16)15-11-5-2-10(8-11)14(17)18/h3-4,6-7,10-11H,2,5,8H2,1H3,(H,15,16)(H,17,18). The summed E-state index contributed by atoms with van der Waals surface area (Å²) < 4.78 is 22.7. The average Bonchev–Trinajstić information content (AvgIpc) is 2.86. The van der Waals surface area contributed by atoms with Crippen molar-refractivity contribution in [2.45, 2.75) is 30.2 Å². The molecule has 0 aliphatic heterocycles. The number of benzene rings is 1. The quantitative estimate of drug-likeness (QED) is 0.866. The van der Waals surface area contributed by atoms with E-state index < -0.39 is 21.7 Å². The first kappa shape index (κ1) is 15.5. The number of amides is 1. The van der Waals surface area contributed by atoms with Crippen molar-refractivity contribution in [2.24, 2.45) is 5.92 Å². The molecular weight excluding hydrogens is 294 g/mol. The van der Waals surface area contributed by atoms with E-state index in [-0.39, 0.29) is 16.8 Å². The fraction of sp³-hybridized carbons (Fsp3) is 0.429. The molecule has 0 bridgehead atoms. The second-order valence-corrected chi connectivity index (χ2v) is 7.33. The Hall–Kier alpha value is -1.89. The van der Waals surface area contributed by atoms with Gasteiger partial charge < -0.3 is 10.4 Å². The Morgan fingerprint density at radius 1 is 1.19 bits per heavy atom. The smallest absolute Gasteiger partial charge is 0.306 e. The Morgan fingerprint density at radius 3 is 2.29 bits per heavy atom. The van der Waals surface area contributed by atoms with Crippen LogP contribution >= 0.6 is 0 Å². The maximum atomic E-state index is 12.0. The molecule has 0 radical (unpaired) electrons. The predicted octanol–water partition coefficient (Wildman–Crippen LogP) is 1.07. The molecule has 1 aliphatic carbocycles. The molecule has 7 heteroatoms. The monoisotopic (exact) mass is 311 g/mol. The van der Waals surface area contributed by atoms with Crippen LogP contribution in [0.4, 0.5) is 0 Å². The Kier molecular flexibility index (Phi) is 4.32. The number of carbonyl (C=O) groups excluding carboxylic acids is 1. The highest BCUT2D eigenvalue weighted by Crippen LogP contribution is 2.25. The summed E-state index contributed by atoms with van der Waals surface area (Å²) in [7, 11) is -3.28. The van der Waals surface area contributed by atoms with Crippen LogP contribution in [0, 0.1) is 5.92 Å². The Morgan fingerprint density at radius 2 is 1.81 bits per heavy atom. The van der Waals surface area contributed by atoms with Crippen LogP contribution in [0.25, 0.3) is 0 Å². The molecular formula is C14H17NO5S. The summed E-state index contributed by atoms with van der Waals surface area (Å²) >= 11 is 0. The van der Waals surface area contributed by atoms with Crippen molar-refractivity contribution >= 4 is 21.7 Å². The van der Waals surface area contributed by atoms with Gasteiger partial charge in [0.25, 0.3) is 5.91 Å². The molecule has 1 fully saturated rings. The van der Waals surface area contributed by atoms with E-state index in [0.29, 0.717) is 24.8 Å². The molecule has 1 amide bonds. The lowest BCUT2D eigenvalue weighted by Crippen LogP contribution is -2.33. The van der Waals surface area contributed by atoms with Crippen molar-refractivity contribution in [3.05, 3.63) is 29.8 Å². The number of hydrogen-bond donors (Lipinski definition) is 2. The van der Waals surface area contributed by atoms with Gasteiger partial charge in [-0.15, -0.1) is 0 Å². The fourth-order valence-corrected chi connectivity index (χ4v) is 3.09. The molecule has 2 atom stereocenters. The third kappa shape index (κ3) is 3.81. The van der Waals surface area contributed by atoms with E-state index >= 15 is 0 Å². The van der Waals surface area contributed by atoms with Crippen LogP contribution < -0.4 is 5.32 Å². The summed E-state index contributed by atoms with van der Waals surface area (Å²) in [5.41, 5.74) is 0.362. The van der Waals surface area contributed by atoms with Gasteiger partial charge in [-0.3, -0.25) is 9.59 Å². The minimum atomic E-state index is -3.28. The van der Waals surface area contributed by atoms with Crippen LogP contribution in [0.1, 0.15) is 29.6 Å². The summed E-state index contributed by atoms with van der Waals surface area (Å²) in [5, 5.41) is 11.7. The van der Waals surface area contributed by atoms with Crippen molar-refractivity contribution in [1.82, 2.24) is 5.32 Å². The molecule has 1 aromatic carbocycles. The molecule has 114 valence electrons. The SMILES string of the molecule is CS(=O)(=O)c1ccc(C(=O)NC2CCC(C(=O)O)C2)cc1. The van der Waals surface area contributed by atoms with Crippen LogP contribution in [-0.4, -0.2) is 37.7 Å². The second kappa shape index (κ2) is 5.85. The van der Waals surface area contributed by atoms with Crippen molar-refractivity contribution in [3.63, 3.8) is 0 Å². The van der Waals surface area contributed by atoms with Crippen molar-refractivity contribution < 1.29 is 23.1 Å². The third-order valence-corrected chi connectivity index (χ3v) is 4.79. The minimum absolute atomic E-state index is 0.145. The Bertz CT molecular complexity index is 650. The van der Waals surface area contributed by atoms with Gasteiger partial charge in [0.05, 0.1) is 10.8 Å². The average molecular weight is 311 g/mol. The van der Waals surface area contributed by atoms with Gasteiger partial charge in [-0.25, -0.2) is 8.42 Å². The van der Waals surface area contributed by atoms with E-state index in [1.165, 1.54) is 24.3 Å². The number of carboxylic acid groups (broad SMARTS) is 1. The van der Waals surface area contributed by atoms with Gasteiger partial charge in [0.2, 0.25) is 0 Å². The maximum Gasteiger partial charge on any atom is 0.306 e. The molecule has 0 spiro atoms. The molecule has 1 aliphatic rings. The van der Waals surface area contributed by atoms with Crippen molar-refractivity contribution in [1.29, 1.82) is 0 Å². The molecule has 2 N–H and O–H groups in total. The number of nitrogens with one attached hydrogen (secondary N) is 1. The van der Waals surface area contributed by atoms with E-state index in [1.54, 1.807) is 0 Å². The minimum Gasteiger partial charge on any atom is -0.481 e. The van der Waals surface area contributed by atoms with Crippen LogP contribution in [0.5, 0.6) is 0 Å². The van der Waals surface area contributed by atoms with Crippen molar-refractivity contribution in [3.8, 4) is 0 Å². The number of hydrogen-bond acceptors (Lipinski definition) is 4. The zero-order chi connectivity index (χ0) is 15.6. The summed E-state index contributed by atoms with van der Waals surface area (Å²) in [6.45, 7) is 0. The van der Waals surface area contributed by atoms with Crippen LogP contribution in [0.2, 0.25) is 0 Å². The van der Waals surface area contributed by atoms with Crippen LogP contribution in [0.15, 0.2) is 29.2 Å². The first-order chi connectivity index (χ1) is 9.77. The summed E-state index contributed by atoms with van der Waals surface area (Å²) in [4.78, 5) is 23.1. The van der Waals surface area contributed by atoms with Gasteiger partial charge in [-0.1, -0.05) is 0 Å². The van der Waals surface area contributed by atoms with E-state index in [9.17, 15) is 18.0 Å². The highest BCUT2D eigenvalue weighted by molar-refractivity contribution is 7.90. The number of rotatable bonds is 4. The van der Waals surface area contributed by atoms with Gasteiger partial charge >= 0.3 is 5.97 Å².